The maximum atomic E-state index is 13.1. The van der Waals surface area contributed by atoms with Crippen LogP contribution in [0.5, 0.6) is 0 Å². The van der Waals surface area contributed by atoms with Gasteiger partial charge in [-0.1, -0.05) is 67.7 Å². The number of carbonyl (C=O) groups excluding carboxylic acids is 2. The van der Waals surface area contributed by atoms with Crippen LogP contribution >= 0.6 is 23.2 Å². The lowest BCUT2D eigenvalue weighted by Crippen LogP contribution is -2.50. The first-order chi connectivity index (χ1) is 18.8. The van der Waals surface area contributed by atoms with Crippen molar-refractivity contribution in [3.8, 4) is 11.1 Å². The van der Waals surface area contributed by atoms with Gasteiger partial charge in [0.25, 0.3) is 0 Å². The summed E-state index contributed by atoms with van der Waals surface area (Å²) in [6.07, 6.45) is 1.65. The molecule has 0 aliphatic carbocycles. The number of nitrogen functional groups attached to an aromatic ring is 1. The number of amides is 1. The van der Waals surface area contributed by atoms with Gasteiger partial charge in [0, 0.05) is 22.5 Å². The molecule has 0 aliphatic heterocycles. The van der Waals surface area contributed by atoms with E-state index >= 15 is 0 Å². The van der Waals surface area contributed by atoms with Gasteiger partial charge in [-0.05, 0) is 59.0 Å². The van der Waals surface area contributed by atoms with E-state index in [4.69, 9.17) is 39.1 Å². The lowest BCUT2D eigenvalue weighted by Gasteiger charge is -2.31. The quantitative estimate of drug-likeness (QED) is 0.218. The standard InChI is InChI=1S/C29H29Cl2N3O5S/c1-4-16(2)26(29(33)36)34(40(3,37)38)15-17-6-5-7-18(12-17)19-8-10-22-24(13-19)39-28(25(22)32)27(35)21-11-9-20(30)14-23(21)31/h5-14,16,26H,4,15,32H2,1-3H3,(H2,33,36)/t16-,26+/m0/s1. The van der Waals surface area contributed by atoms with Crippen LogP contribution in [0.3, 0.4) is 0 Å². The van der Waals surface area contributed by atoms with Crippen molar-refractivity contribution in [1.29, 1.82) is 0 Å². The number of sulfonamides is 1. The molecule has 0 unspecified atom stereocenters. The first-order valence-electron chi connectivity index (χ1n) is 12.5. The maximum absolute atomic E-state index is 13.1. The number of halogens is 2. The number of hydrogen-bond acceptors (Lipinski definition) is 6. The van der Waals surface area contributed by atoms with E-state index in [0.717, 1.165) is 21.7 Å². The molecule has 210 valence electrons. The van der Waals surface area contributed by atoms with Crippen LogP contribution in [-0.2, 0) is 21.4 Å². The summed E-state index contributed by atoms with van der Waals surface area (Å²) < 4.78 is 32.4. The van der Waals surface area contributed by atoms with Crippen molar-refractivity contribution in [2.75, 3.05) is 12.0 Å². The van der Waals surface area contributed by atoms with Gasteiger partial charge in [0.2, 0.25) is 21.7 Å². The maximum Gasteiger partial charge on any atom is 0.236 e. The van der Waals surface area contributed by atoms with E-state index < -0.39 is 27.8 Å². The number of benzene rings is 3. The summed E-state index contributed by atoms with van der Waals surface area (Å²) in [5.41, 5.74) is 14.9. The number of ketones is 1. The van der Waals surface area contributed by atoms with Crippen LogP contribution in [0.1, 0.15) is 41.9 Å². The van der Waals surface area contributed by atoms with Crippen molar-refractivity contribution in [1.82, 2.24) is 4.31 Å². The Morgan fingerprint density at radius 2 is 1.73 bits per heavy atom. The zero-order chi connectivity index (χ0) is 29.4. The molecule has 4 rings (SSSR count). The number of nitrogens with two attached hydrogens (primary N) is 2. The Bertz CT molecular complexity index is 1720. The Labute approximate surface area is 242 Å². The van der Waals surface area contributed by atoms with E-state index in [1.807, 2.05) is 25.1 Å². The normalized spacial score (nSPS) is 13.4. The smallest absolute Gasteiger partial charge is 0.236 e. The van der Waals surface area contributed by atoms with Gasteiger partial charge in [0.05, 0.1) is 17.0 Å². The zero-order valence-electron chi connectivity index (χ0n) is 22.1. The molecule has 0 saturated heterocycles. The molecule has 1 aromatic heterocycles. The number of nitrogens with zero attached hydrogens (tertiary/aromatic N) is 1. The van der Waals surface area contributed by atoms with Crippen molar-refractivity contribution in [3.05, 3.63) is 87.6 Å². The molecule has 0 saturated carbocycles. The minimum atomic E-state index is -3.75. The Hall–Kier alpha value is -3.37. The molecule has 1 amide bonds. The van der Waals surface area contributed by atoms with Gasteiger partial charge in [-0.2, -0.15) is 4.31 Å². The molecule has 2 atom stereocenters. The Morgan fingerprint density at radius 1 is 1.02 bits per heavy atom. The van der Waals surface area contributed by atoms with Gasteiger partial charge in [-0.3, -0.25) is 9.59 Å². The average molecular weight is 603 g/mol. The minimum Gasteiger partial charge on any atom is -0.450 e. The van der Waals surface area contributed by atoms with Crippen LogP contribution in [0.4, 0.5) is 5.69 Å². The summed E-state index contributed by atoms with van der Waals surface area (Å²) in [5, 5.41) is 1.15. The van der Waals surface area contributed by atoms with Crippen LogP contribution in [0, 0.1) is 5.92 Å². The fraction of sp³-hybridized carbons (Fsp3) is 0.241. The van der Waals surface area contributed by atoms with Gasteiger partial charge in [-0.25, -0.2) is 8.42 Å². The largest absolute Gasteiger partial charge is 0.450 e. The highest BCUT2D eigenvalue weighted by Gasteiger charge is 2.34. The molecule has 4 aromatic rings. The van der Waals surface area contributed by atoms with Crippen molar-refractivity contribution >= 4 is 61.6 Å². The summed E-state index contributed by atoms with van der Waals surface area (Å²) in [5.74, 6) is -1.45. The molecule has 11 heteroatoms. The SMILES string of the molecule is CC[C@H](C)[C@H](C(N)=O)N(Cc1cccc(-c2ccc3c(N)c(C(=O)c4ccc(Cl)cc4Cl)oc3c2)c1)S(C)(=O)=O. The third-order valence-corrected chi connectivity index (χ3v) is 8.68. The molecule has 8 nitrogen and oxygen atoms in total. The molecule has 0 fully saturated rings. The Morgan fingerprint density at radius 3 is 2.35 bits per heavy atom. The molecule has 40 heavy (non-hydrogen) atoms. The number of hydrogen-bond donors (Lipinski definition) is 2. The van der Waals surface area contributed by atoms with E-state index in [-0.39, 0.29) is 34.5 Å². The summed E-state index contributed by atoms with van der Waals surface area (Å²) in [4.78, 5) is 25.4. The summed E-state index contributed by atoms with van der Waals surface area (Å²) in [6, 6.07) is 16.2. The monoisotopic (exact) mass is 601 g/mol. The predicted molar refractivity (Wildman–Crippen MR) is 159 cm³/mol. The van der Waals surface area contributed by atoms with E-state index in [0.29, 0.717) is 28.0 Å². The van der Waals surface area contributed by atoms with E-state index in [1.165, 1.54) is 12.1 Å². The third-order valence-electron chi connectivity index (χ3n) is 6.92. The van der Waals surface area contributed by atoms with Crippen LogP contribution in [0.2, 0.25) is 10.0 Å². The molecular weight excluding hydrogens is 573 g/mol. The number of rotatable bonds is 10. The van der Waals surface area contributed by atoms with E-state index in [9.17, 15) is 18.0 Å². The number of carbonyl (C=O) groups is 2. The molecule has 3 aromatic carbocycles. The highest BCUT2D eigenvalue weighted by Crippen LogP contribution is 2.35. The van der Waals surface area contributed by atoms with Crippen LogP contribution in [0.15, 0.2) is 65.1 Å². The number of anilines is 1. The molecule has 4 N–H and O–H groups in total. The number of furan rings is 1. The lowest BCUT2D eigenvalue weighted by molar-refractivity contribution is -0.123. The Kier molecular flexibility index (Phi) is 8.60. The minimum absolute atomic E-state index is 0.0267. The van der Waals surface area contributed by atoms with Crippen LogP contribution in [-0.4, -0.2) is 36.7 Å². The van der Waals surface area contributed by atoms with Crippen molar-refractivity contribution in [2.45, 2.75) is 32.9 Å². The molecule has 0 radical (unpaired) electrons. The number of primary amides is 1. The van der Waals surface area contributed by atoms with Gasteiger partial charge >= 0.3 is 0 Å². The van der Waals surface area contributed by atoms with E-state index in [1.54, 1.807) is 37.3 Å². The molecular formula is C29H29Cl2N3O5S. The second-order valence-corrected chi connectivity index (χ2v) is 12.5. The number of fused-ring (bicyclic) bond motifs is 1. The van der Waals surface area contributed by atoms with Crippen molar-refractivity contribution < 1.29 is 22.4 Å². The topological polar surface area (TPSA) is 137 Å². The van der Waals surface area contributed by atoms with Gasteiger partial charge in [-0.15, -0.1) is 0 Å². The zero-order valence-corrected chi connectivity index (χ0v) is 24.5. The first-order valence-corrected chi connectivity index (χ1v) is 15.1. The summed E-state index contributed by atoms with van der Waals surface area (Å²) in [6.45, 7) is 3.65. The Balaban J connectivity index is 1.69. The molecule has 1 heterocycles. The highest BCUT2D eigenvalue weighted by atomic mass is 35.5. The van der Waals surface area contributed by atoms with Crippen molar-refractivity contribution in [3.63, 3.8) is 0 Å². The van der Waals surface area contributed by atoms with E-state index in [2.05, 4.69) is 0 Å². The molecule has 0 spiro atoms. The summed E-state index contributed by atoms with van der Waals surface area (Å²) in [7, 11) is -3.75. The molecule has 0 bridgehead atoms. The van der Waals surface area contributed by atoms with Gasteiger partial charge in [0.1, 0.15) is 11.6 Å². The van der Waals surface area contributed by atoms with Gasteiger partial charge in [0.15, 0.2) is 5.76 Å². The molecule has 0 aliphatic rings. The predicted octanol–water partition coefficient (Wildman–Crippen LogP) is 5.88. The average Bonchev–Trinajstić information content (AvgIpc) is 3.22. The fourth-order valence-corrected chi connectivity index (χ4v) is 6.24. The fourth-order valence-electron chi connectivity index (χ4n) is 4.64. The first kappa shape index (κ1) is 29.6. The van der Waals surface area contributed by atoms with Crippen molar-refractivity contribution in [2.24, 2.45) is 11.7 Å². The van der Waals surface area contributed by atoms with Gasteiger partial charge < -0.3 is 15.9 Å². The second-order valence-electron chi connectivity index (χ2n) is 9.75. The highest BCUT2D eigenvalue weighted by molar-refractivity contribution is 7.88. The third kappa shape index (κ3) is 6.02. The van der Waals surface area contributed by atoms with Crippen LogP contribution in [0.25, 0.3) is 22.1 Å². The summed E-state index contributed by atoms with van der Waals surface area (Å²) >= 11 is 12.2. The van der Waals surface area contributed by atoms with Crippen LogP contribution < -0.4 is 11.5 Å². The second kappa shape index (κ2) is 11.6. The lowest BCUT2D eigenvalue weighted by atomic mass is 9.97.